The van der Waals surface area contributed by atoms with Gasteiger partial charge >= 0.3 is 0 Å². The number of hydrogen-bond donors (Lipinski definition) is 0. The van der Waals surface area contributed by atoms with Crippen molar-refractivity contribution in [2.24, 2.45) is 4.99 Å². The molecular formula is C16H17BrFN3S. The standard InChI is InChI=1S/C16H17BrFN3S/c1-3-20(14-6-4-12(18)5-7-14)10-13-8-9-21-15(17)11(2)22-16(21)19-13/h4-8H,3,9-10H2,1-2H3. The van der Waals surface area contributed by atoms with Gasteiger partial charge in [0.25, 0.3) is 0 Å². The van der Waals surface area contributed by atoms with Crippen LogP contribution in [0.15, 0.2) is 50.5 Å². The number of amidine groups is 1. The second-order valence-corrected chi connectivity index (χ2v) is 7.07. The highest BCUT2D eigenvalue weighted by atomic mass is 79.9. The van der Waals surface area contributed by atoms with E-state index in [1.165, 1.54) is 17.0 Å². The molecule has 2 aliphatic rings. The van der Waals surface area contributed by atoms with E-state index in [0.717, 1.165) is 40.8 Å². The Morgan fingerprint density at radius 2 is 2.09 bits per heavy atom. The Kier molecular flexibility index (Phi) is 4.59. The van der Waals surface area contributed by atoms with Gasteiger partial charge in [0.05, 0.1) is 16.8 Å². The van der Waals surface area contributed by atoms with Crippen molar-refractivity contribution in [3.8, 4) is 0 Å². The largest absolute Gasteiger partial charge is 0.366 e. The molecule has 0 radical (unpaired) electrons. The highest BCUT2D eigenvalue weighted by molar-refractivity contribution is 9.11. The fourth-order valence-electron chi connectivity index (χ4n) is 2.45. The summed E-state index contributed by atoms with van der Waals surface area (Å²) in [5.74, 6) is -0.207. The van der Waals surface area contributed by atoms with Crippen LogP contribution in [-0.4, -0.2) is 29.7 Å². The number of halogens is 2. The molecular weight excluding hydrogens is 365 g/mol. The zero-order valence-corrected chi connectivity index (χ0v) is 14.9. The number of fused-ring (bicyclic) bond motifs is 1. The van der Waals surface area contributed by atoms with E-state index >= 15 is 0 Å². The van der Waals surface area contributed by atoms with Crippen LogP contribution in [0.2, 0.25) is 0 Å². The van der Waals surface area contributed by atoms with Gasteiger partial charge in [-0.25, -0.2) is 9.38 Å². The Morgan fingerprint density at radius 1 is 1.36 bits per heavy atom. The average Bonchev–Trinajstić information content (AvgIpc) is 2.80. The number of thioether (sulfide) groups is 1. The lowest BCUT2D eigenvalue weighted by atomic mass is 10.2. The van der Waals surface area contributed by atoms with Gasteiger partial charge in [-0.1, -0.05) is 11.8 Å². The quantitative estimate of drug-likeness (QED) is 0.713. The predicted molar refractivity (Wildman–Crippen MR) is 95.7 cm³/mol. The monoisotopic (exact) mass is 381 g/mol. The number of nitrogens with zero attached hydrogens (tertiary/aromatic N) is 3. The smallest absolute Gasteiger partial charge is 0.174 e. The summed E-state index contributed by atoms with van der Waals surface area (Å²) < 4.78 is 14.2. The number of rotatable bonds is 4. The Morgan fingerprint density at radius 3 is 2.77 bits per heavy atom. The van der Waals surface area contributed by atoms with E-state index in [1.807, 2.05) is 12.1 Å². The molecule has 0 N–H and O–H groups in total. The normalized spacial score (nSPS) is 17.4. The summed E-state index contributed by atoms with van der Waals surface area (Å²) in [6, 6.07) is 6.62. The van der Waals surface area contributed by atoms with Gasteiger partial charge in [-0.2, -0.15) is 0 Å². The second kappa shape index (κ2) is 6.46. The topological polar surface area (TPSA) is 18.8 Å². The van der Waals surface area contributed by atoms with Gasteiger partial charge in [0.2, 0.25) is 0 Å². The minimum absolute atomic E-state index is 0.207. The Bertz CT molecular complexity index is 666. The van der Waals surface area contributed by atoms with Crippen LogP contribution in [0, 0.1) is 5.82 Å². The molecule has 0 atom stereocenters. The molecule has 22 heavy (non-hydrogen) atoms. The third kappa shape index (κ3) is 3.08. The maximum Gasteiger partial charge on any atom is 0.174 e. The van der Waals surface area contributed by atoms with Crippen LogP contribution in [0.5, 0.6) is 0 Å². The number of hydrogen-bond acceptors (Lipinski definition) is 4. The van der Waals surface area contributed by atoms with Crippen LogP contribution >= 0.6 is 27.7 Å². The molecule has 2 heterocycles. The maximum absolute atomic E-state index is 13.1. The molecule has 0 aromatic heterocycles. The van der Waals surface area contributed by atoms with Crippen molar-refractivity contribution in [2.45, 2.75) is 13.8 Å². The van der Waals surface area contributed by atoms with Crippen LogP contribution in [0.25, 0.3) is 0 Å². The molecule has 0 bridgehead atoms. The summed E-state index contributed by atoms with van der Waals surface area (Å²) in [7, 11) is 0. The van der Waals surface area contributed by atoms with Gasteiger partial charge in [0.15, 0.2) is 5.17 Å². The molecule has 1 aromatic carbocycles. The molecule has 0 amide bonds. The summed E-state index contributed by atoms with van der Waals surface area (Å²) in [6.07, 6.45) is 2.15. The first-order valence-corrected chi connectivity index (χ1v) is 8.79. The van der Waals surface area contributed by atoms with Crippen LogP contribution in [0.4, 0.5) is 10.1 Å². The van der Waals surface area contributed by atoms with Gasteiger partial charge in [0.1, 0.15) is 5.82 Å². The molecule has 0 aliphatic carbocycles. The van der Waals surface area contributed by atoms with Gasteiger partial charge in [0, 0.05) is 23.7 Å². The highest BCUT2D eigenvalue weighted by Gasteiger charge is 2.27. The lowest BCUT2D eigenvalue weighted by Gasteiger charge is -2.27. The minimum atomic E-state index is -0.207. The van der Waals surface area contributed by atoms with Gasteiger partial charge < -0.3 is 9.80 Å². The first-order chi connectivity index (χ1) is 10.6. The molecule has 3 nitrogen and oxygen atoms in total. The van der Waals surface area contributed by atoms with Crippen molar-refractivity contribution in [3.05, 3.63) is 51.4 Å². The number of allylic oxidation sites excluding steroid dienone is 1. The summed E-state index contributed by atoms with van der Waals surface area (Å²) in [5, 5.41) is 1.03. The van der Waals surface area contributed by atoms with Crippen molar-refractivity contribution < 1.29 is 4.39 Å². The summed E-state index contributed by atoms with van der Waals surface area (Å²) >= 11 is 5.30. The van der Waals surface area contributed by atoms with E-state index in [4.69, 9.17) is 4.99 Å². The predicted octanol–water partition coefficient (Wildman–Crippen LogP) is 4.54. The Hall–Kier alpha value is -1.27. The first kappa shape index (κ1) is 15.6. The second-order valence-electron chi connectivity index (χ2n) is 5.14. The van der Waals surface area contributed by atoms with Crippen molar-refractivity contribution in [1.29, 1.82) is 0 Å². The molecule has 116 valence electrons. The zero-order chi connectivity index (χ0) is 15.7. The number of anilines is 1. The van der Waals surface area contributed by atoms with Gasteiger partial charge in [-0.3, -0.25) is 0 Å². The molecule has 1 aromatic rings. The molecule has 0 unspecified atom stereocenters. The van der Waals surface area contributed by atoms with E-state index in [9.17, 15) is 4.39 Å². The highest BCUT2D eigenvalue weighted by Crippen LogP contribution is 2.39. The van der Waals surface area contributed by atoms with Crippen molar-refractivity contribution >= 4 is 38.5 Å². The fourth-order valence-corrected chi connectivity index (χ4v) is 4.03. The lowest BCUT2D eigenvalue weighted by Crippen LogP contribution is -2.30. The van der Waals surface area contributed by atoms with Crippen LogP contribution in [-0.2, 0) is 0 Å². The van der Waals surface area contributed by atoms with Crippen LogP contribution < -0.4 is 4.90 Å². The molecule has 0 fully saturated rings. The Balaban J connectivity index is 1.73. The summed E-state index contributed by atoms with van der Waals surface area (Å²) in [6.45, 7) is 6.60. The third-order valence-corrected chi connectivity index (χ3v) is 5.96. The molecule has 6 heteroatoms. The van der Waals surface area contributed by atoms with Gasteiger partial charge in [-0.15, -0.1) is 0 Å². The number of benzene rings is 1. The molecule has 2 aliphatic heterocycles. The zero-order valence-electron chi connectivity index (χ0n) is 12.5. The van der Waals surface area contributed by atoms with E-state index in [-0.39, 0.29) is 5.82 Å². The number of likely N-dealkylation sites (N-methyl/N-ethyl adjacent to an activating group) is 1. The van der Waals surface area contributed by atoms with Crippen LogP contribution in [0.3, 0.4) is 0 Å². The van der Waals surface area contributed by atoms with Crippen molar-refractivity contribution in [1.82, 2.24) is 4.90 Å². The first-order valence-electron chi connectivity index (χ1n) is 7.18. The van der Waals surface area contributed by atoms with Crippen molar-refractivity contribution in [3.63, 3.8) is 0 Å². The lowest BCUT2D eigenvalue weighted by molar-refractivity contribution is 0.611. The number of aliphatic imine (C=N–C) groups is 1. The fraction of sp³-hybridized carbons (Fsp3) is 0.312. The van der Waals surface area contributed by atoms with E-state index in [0.29, 0.717) is 0 Å². The Labute approximate surface area is 142 Å². The third-order valence-electron chi connectivity index (χ3n) is 3.68. The maximum atomic E-state index is 13.1. The van der Waals surface area contributed by atoms with Crippen molar-refractivity contribution in [2.75, 3.05) is 24.5 Å². The van der Waals surface area contributed by atoms with E-state index < -0.39 is 0 Å². The molecule has 3 rings (SSSR count). The molecule has 0 saturated carbocycles. The van der Waals surface area contributed by atoms with Crippen LogP contribution in [0.1, 0.15) is 13.8 Å². The summed E-state index contributed by atoms with van der Waals surface area (Å²) in [4.78, 5) is 10.3. The molecule has 0 saturated heterocycles. The average molecular weight is 382 g/mol. The van der Waals surface area contributed by atoms with Gasteiger partial charge in [-0.05, 0) is 60.1 Å². The minimum Gasteiger partial charge on any atom is -0.366 e. The molecule has 0 spiro atoms. The summed E-state index contributed by atoms with van der Waals surface area (Å²) in [5.41, 5.74) is 2.07. The SMILES string of the molecule is CCN(CC1=CCN2C(=N1)SC(C)=C2Br)c1ccc(F)cc1. The van der Waals surface area contributed by atoms with E-state index in [2.05, 4.69) is 45.7 Å². The van der Waals surface area contributed by atoms with E-state index in [1.54, 1.807) is 11.8 Å².